The van der Waals surface area contributed by atoms with Crippen molar-refractivity contribution in [1.29, 1.82) is 0 Å². The van der Waals surface area contributed by atoms with Crippen LogP contribution >= 0.6 is 0 Å². The second-order valence-electron chi connectivity index (χ2n) is 6.87. The summed E-state index contributed by atoms with van der Waals surface area (Å²) in [6.45, 7) is 0. The number of benzene rings is 3. The van der Waals surface area contributed by atoms with E-state index in [2.05, 4.69) is 4.98 Å². The number of aromatic amines is 1. The number of halogens is 1. The summed E-state index contributed by atoms with van der Waals surface area (Å²) >= 11 is 0. The molecule has 31 heavy (non-hydrogen) atoms. The van der Waals surface area contributed by atoms with Gasteiger partial charge in [-0.15, -0.1) is 0 Å². The zero-order valence-corrected chi connectivity index (χ0v) is 16.7. The van der Waals surface area contributed by atoms with E-state index in [-0.39, 0.29) is 17.3 Å². The molecule has 6 heteroatoms. The van der Waals surface area contributed by atoms with Gasteiger partial charge in [0.25, 0.3) is 0 Å². The summed E-state index contributed by atoms with van der Waals surface area (Å²) in [6, 6.07) is 20.0. The average Bonchev–Trinajstić information content (AvgIpc) is 3.19. The maximum atomic E-state index is 13.2. The van der Waals surface area contributed by atoms with Crippen LogP contribution in [0.1, 0.15) is 15.9 Å². The third-order valence-corrected chi connectivity index (χ3v) is 4.80. The zero-order chi connectivity index (χ0) is 21.8. The number of carbonyl (C=O) groups is 1. The highest BCUT2D eigenvalue weighted by Gasteiger charge is 2.10. The predicted octanol–water partition coefficient (Wildman–Crippen LogP) is 4.88. The highest BCUT2D eigenvalue weighted by Crippen LogP contribution is 2.19. The number of aromatic nitrogens is 2. The SMILES string of the molecule is COc1cccc(C=CC(=O)c2cccc(-n3cc(-c4ccc(F)cc4)[nH]c3=O)c2)c1. The van der Waals surface area contributed by atoms with E-state index in [0.29, 0.717) is 28.3 Å². The Bertz CT molecular complexity index is 1320. The van der Waals surface area contributed by atoms with Crippen molar-refractivity contribution in [3.05, 3.63) is 112 Å². The fraction of sp³-hybridized carbons (Fsp3) is 0.0400. The Balaban J connectivity index is 1.60. The number of carbonyl (C=O) groups excluding carboxylic acids is 1. The van der Waals surface area contributed by atoms with Crippen molar-refractivity contribution in [2.24, 2.45) is 0 Å². The summed E-state index contributed by atoms with van der Waals surface area (Å²) in [4.78, 5) is 27.9. The van der Waals surface area contributed by atoms with Gasteiger partial charge in [-0.1, -0.05) is 30.3 Å². The number of nitrogens with one attached hydrogen (secondary N) is 1. The first kappa shape index (κ1) is 20.1. The molecular weight excluding hydrogens is 395 g/mol. The molecule has 0 bridgehead atoms. The summed E-state index contributed by atoms with van der Waals surface area (Å²) < 4.78 is 19.8. The van der Waals surface area contributed by atoms with Crippen LogP contribution in [0.4, 0.5) is 4.39 Å². The second kappa shape index (κ2) is 8.67. The number of H-pyrrole nitrogens is 1. The molecule has 0 atom stereocenters. The van der Waals surface area contributed by atoms with E-state index in [1.165, 1.54) is 22.8 Å². The van der Waals surface area contributed by atoms with Crippen molar-refractivity contribution in [2.45, 2.75) is 0 Å². The quantitative estimate of drug-likeness (QED) is 0.361. The molecule has 5 nitrogen and oxygen atoms in total. The molecule has 0 aliphatic heterocycles. The molecule has 0 radical (unpaired) electrons. The van der Waals surface area contributed by atoms with Gasteiger partial charge in [-0.3, -0.25) is 9.36 Å². The Hall–Kier alpha value is -4.19. The topological polar surface area (TPSA) is 64.1 Å². The molecule has 1 aromatic heterocycles. The van der Waals surface area contributed by atoms with Crippen molar-refractivity contribution in [3.63, 3.8) is 0 Å². The van der Waals surface area contributed by atoms with Crippen LogP contribution in [0.3, 0.4) is 0 Å². The maximum absolute atomic E-state index is 13.2. The summed E-state index contributed by atoms with van der Waals surface area (Å²) in [5.41, 5.74) is 2.74. The number of nitrogens with zero attached hydrogens (tertiary/aromatic N) is 1. The largest absolute Gasteiger partial charge is 0.497 e. The van der Waals surface area contributed by atoms with Crippen LogP contribution in [0.2, 0.25) is 0 Å². The number of methoxy groups -OCH3 is 1. The van der Waals surface area contributed by atoms with Crippen molar-refractivity contribution >= 4 is 11.9 Å². The van der Waals surface area contributed by atoms with E-state index < -0.39 is 0 Å². The van der Waals surface area contributed by atoms with Gasteiger partial charge in [0.15, 0.2) is 5.78 Å². The van der Waals surface area contributed by atoms with Gasteiger partial charge in [0.2, 0.25) is 0 Å². The summed E-state index contributed by atoms with van der Waals surface area (Å²) in [6.07, 6.45) is 4.83. The number of allylic oxidation sites excluding steroid dienone is 1. The minimum atomic E-state index is -0.351. The van der Waals surface area contributed by atoms with Crippen LogP contribution in [-0.4, -0.2) is 22.4 Å². The summed E-state index contributed by atoms with van der Waals surface area (Å²) in [5, 5.41) is 0. The zero-order valence-electron chi connectivity index (χ0n) is 16.7. The first-order valence-corrected chi connectivity index (χ1v) is 9.58. The molecule has 4 aromatic rings. The van der Waals surface area contributed by atoms with Crippen LogP contribution in [0.15, 0.2) is 89.9 Å². The Kier molecular flexibility index (Phi) is 5.62. The average molecular weight is 414 g/mol. The van der Waals surface area contributed by atoms with Gasteiger partial charge in [-0.25, -0.2) is 9.18 Å². The molecule has 0 saturated heterocycles. The van der Waals surface area contributed by atoms with Gasteiger partial charge in [0.1, 0.15) is 11.6 Å². The van der Waals surface area contributed by atoms with Gasteiger partial charge >= 0.3 is 5.69 Å². The lowest BCUT2D eigenvalue weighted by Gasteiger charge is -2.03. The van der Waals surface area contributed by atoms with Gasteiger partial charge in [-0.2, -0.15) is 0 Å². The molecular formula is C25H19FN2O3. The highest BCUT2D eigenvalue weighted by atomic mass is 19.1. The number of ether oxygens (including phenoxy) is 1. The van der Waals surface area contributed by atoms with Crippen LogP contribution in [0.5, 0.6) is 5.75 Å². The van der Waals surface area contributed by atoms with Gasteiger partial charge in [0, 0.05) is 11.8 Å². The molecule has 1 N–H and O–H groups in total. The third kappa shape index (κ3) is 4.53. The first-order valence-electron chi connectivity index (χ1n) is 9.58. The van der Waals surface area contributed by atoms with Crippen molar-refractivity contribution in [3.8, 4) is 22.7 Å². The molecule has 0 fully saturated rings. The van der Waals surface area contributed by atoms with Crippen molar-refractivity contribution < 1.29 is 13.9 Å². The standard InChI is InChI=1S/C25H19FN2O3/c1-31-22-7-2-4-17(14-22)8-13-24(29)19-5-3-6-21(15-19)28-16-23(27-25(28)30)18-9-11-20(26)12-10-18/h2-16H,1H3,(H,27,30). The molecule has 4 rings (SSSR count). The minimum Gasteiger partial charge on any atom is -0.497 e. The Morgan fingerprint density at radius 2 is 1.81 bits per heavy atom. The first-order chi connectivity index (χ1) is 15.0. The van der Waals surface area contributed by atoms with E-state index in [1.807, 2.05) is 24.3 Å². The van der Waals surface area contributed by atoms with E-state index in [0.717, 1.165) is 5.56 Å². The molecule has 1 heterocycles. The fourth-order valence-electron chi connectivity index (χ4n) is 3.19. The Morgan fingerprint density at radius 1 is 1.03 bits per heavy atom. The number of hydrogen-bond donors (Lipinski definition) is 1. The lowest BCUT2D eigenvalue weighted by molar-refractivity contribution is 0.104. The molecule has 0 aliphatic carbocycles. The molecule has 3 aromatic carbocycles. The number of ketones is 1. The maximum Gasteiger partial charge on any atom is 0.330 e. The molecule has 0 unspecified atom stereocenters. The van der Waals surface area contributed by atoms with Crippen molar-refractivity contribution in [2.75, 3.05) is 7.11 Å². The van der Waals surface area contributed by atoms with Crippen LogP contribution < -0.4 is 10.4 Å². The van der Waals surface area contributed by atoms with Crippen LogP contribution in [0, 0.1) is 5.82 Å². The summed E-state index contributed by atoms with van der Waals surface area (Å²) in [5.74, 6) is 0.172. The molecule has 0 aliphatic rings. The van der Waals surface area contributed by atoms with Gasteiger partial charge in [-0.05, 0) is 65.7 Å². The monoisotopic (exact) mass is 414 g/mol. The Morgan fingerprint density at radius 3 is 2.58 bits per heavy atom. The third-order valence-electron chi connectivity index (χ3n) is 4.80. The lowest BCUT2D eigenvalue weighted by Crippen LogP contribution is -2.14. The van der Waals surface area contributed by atoms with E-state index >= 15 is 0 Å². The van der Waals surface area contributed by atoms with E-state index in [9.17, 15) is 14.0 Å². The fourth-order valence-corrected chi connectivity index (χ4v) is 3.19. The van der Waals surface area contributed by atoms with Crippen LogP contribution in [-0.2, 0) is 0 Å². The van der Waals surface area contributed by atoms with Crippen molar-refractivity contribution in [1.82, 2.24) is 9.55 Å². The second-order valence-corrected chi connectivity index (χ2v) is 6.87. The molecule has 154 valence electrons. The molecule has 0 amide bonds. The lowest BCUT2D eigenvalue weighted by atomic mass is 10.1. The highest BCUT2D eigenvalue weighted by molar-refractivity contribution is 6.07. The molecule has 0 spiro atoms. The van der Waals surface area contributed by atoms with Gasteiger partial charge in [0.05, 0.1) is 18.5 Å². The minimum absolute atomic E-state index is 0.188. The molecule has 0 saturated carbocycles. The normalized spacial score (nSPS) is 11.0. The Labute approximate surface area is 178 Å². The summed E-state index contributed by atoms with van der Waals surface area (Å²) in [7, 11) is 1.59. The number of hydrogen-bond acceptors (Lipinski definition) is 3. The van der Waals surface area contributed by atoms with Crippen LogP contribution in [0.25, 0.3) is 23.0 Å². The van der Waals surface area contributed by atoms with E-state index in [4.69, 9.17) is 4.74 Å². The number of rotatable bonds is 6. The van der Waals surface area contributed by atoms with E-state index in [1.54, 1.807) is 55.8 Å². The number of imidazole rings is 1. The predicted molar refractivity (Wildman–Crippen MR) is 118 cm³/mol. The smallest absolute Gasteiger partial charge is 0.330 e. The van der Waals surface area contributed by atoms with Gasteiger partial charge < -0.3 is 9.72 Å².